The third-order valence-corrected chi connectivity index (χ3v) is 2.11. The lowest BCUT2D eigenvalue weighted by Gasteiger charge is -2.13. The Labute approximate surface area is 61.0 Å². The normalized spacial score (nSPS) is 24.8. The molecule has 2 heterocycles. The third-order valence-electron chi connectivity index (χ3n) is 2.11. The summed E-state index contributed by atoms with van der Waals surface area (Å²) in [6, 6.07) is 0. The second kappa shape index (κ2) is 2.54. The van der Waals surface area contributed by atoms with E-state index in [1.54, 1.807) is 0 Å². The first-order chi connectivity index (χ1) is 4.97. The molecule has 2 nitrogen and oxygen atoms in total. The van der Waals surface area contributed by atoms with Crippen molar-refractivity contribution >= 4 is 6.21 Å². The number of hydrogen-bond acceptors (Lipinski definition) is 2. The van der Waals surface area contributed by atoms with E-state index >= 15 is 0 Å². The third kappa shape index (κ3) is 0.991. The second-order valence-corrected chi connectivity index (χ2v) is 2.83. The highest BCUT2D eigenvalue weighted by Gasteiger charge is 2.22. The molecule has 0 saturated carbocycles. The number of nitrogens with zero attached hydrogens (tertiary/aromatic N) is 1. The SMILES string of the molecule is C1=[N+]C2=C(CC1)CNCC2. The van der Waals surface area contributed by atoms with Crippen molar-refractivity contribution in [1.82, 2.24) is 10.3 Å². The van der Waals surface area contributed by atoms with Crippen LogP contribution in [0, 0.1) is 0 Å². The maximum atomic E-state index is 4.37. The fourth-order valence-corrected chi connectivity index (χ4v) is 1.53. The molecular weight excluding hydrogens is 124 g/mol. The first kappa shape index (κ1) is 6.10. The van der Waals surface area contributed by atoms with Crippen LogP contribution >= 0.6 is 0 Å². The highest BCUT2D eigenvalue weighted by molar-refractivity contribution is 5.60. The van der Waals surface area contributed by atoms with Crippen molar-refractivity contribution in [3.05, 3.63) is 11.3 Å². The van der Waals surface area contributed by atoms with Gasteiger partial charge in [-0.05, 0) is 6.42 Å². The lowest BCUT2D eigenvalue weighted by Crippen LogP contribution is -2.28. The molecule has 0 fully saturated rings. The molecule has 0 amide bonds. The van der Waals surface area contributed by atoms with Crippen LogP contribution in [0.3, 0.4) is 0 Å². The van der Waals surface area contributed by atoms with Crippen LogP contribution in [0.1, 0.15) is 19.3 Å². The molecule has 53 valence electrons. The van der Waals surface area contributed by atoms with E-state index in [9.17, 15) is 0 Å². The summed E-state index contributed by atoms with van der Waals surface area (Å²) in [5.74, 6) is 0. The van der Waals surface area contributed by atoms with Crippen LogP contribution in [0.5, 0.6) is 0 Å². The molecule has 0 aromatic rings. The summed E-state index contributed by atoms with van der Waals surface area (Å²) in [5, 5.41) is 3.35. The summed E-state index contributed by atoms with van der Waals surface area (Å²) in [4.78, 5) is 4.37. The van der Waals surface area contributed by atoms with E-state index in [4.69, 9.17) is 0 Å². The lowest BCUT2D eigenvalue weighted by molar-refractivity contribution is 0.635. The van der Waals surface area contributed by atoms with Gasteiger partial charge in [-0.3, -0.25) is 0 Å². The Bertz CT molecular complexity index is 191. The zero-order valence-electron chi connectivity index (χ0n) is 6.06. The molecule has 2 heteroatoms. The maximum Gasteiger partial charge on any atom is 0.255 e. The molecule has 1 radical (unpaired) electrons. The summed E-state index contributed by atoms with van der Waals surface area (Å²) in [6.45, 7) is 2.18. The Morgan fingerprint density at radius 2 is 2.40 bits per heavy atom. The summed E-state index contributed by atoms with van der Waals surface area (Å²) in [5.41, 5.74) is 2.89. The number of aliphatic imine (C=N–C) groups is 1. The Morgan fingerprint density at radius 1 is 1.40 bits per heavy atom. The van der Waals surface area contributed by atoms with Crippen LogP contribution in [0.25, 0.3) is 0 Å². The fourth-order valence-electron chi connectivity index (χ4n) is 1.53. The molecule has 0 saturated heterocycles. The Morgan fingerprint density at radius 3 is 3.30 bits per heavy atom. The van der Waals surface area contributed by atoms with Crippen molar-refractivity contribution < 1.29 is 0 Å². The second-order valence-electron chi connectivity index (χ2n) is 2.83. The zero-order chi connectivity index (χ0) is 6.81. The molecule has 0 aliphatic carbocycles. The Balaban J connectivity index is 2.23. The topological polar surface area (TPSA) is 26.1 Å². The lowest BCUT2D eigenvalue weighted by atomic mass is 10.0. The van der Waals surface area contributed by atoms with Crippen LogP contribution < -0.4 is 10.3 Å². The molecule has 10 heavy (non-hydrogen) atoms. The highest BCUT2D eigenvalue weighted by atomic mass is 14.9. The van der Waals surface area contributed by atoms with Gasteiger partial charge in [0, 0.05) is 25.1 Å². The molecule has 1 N–H and O–H groups in total. The molecule has 2 aliphatic heterocycles. The fraction of sp³-hybridized carbons (Fsp3) is 0.625. The van der Waals surface area contributed by atoms with Gasteiger partial charge in [0.25, 0.3) is 5.70 Å². The molecule has 0 bridgehead atoms. The minimum Gasteiger partial charge on any atom is -0.312 e. The Kier molecular flexibility index (Phi) is 1.55. The molecule has 2 aliphatic rings. The van der Waals surface area contributed by atoms with Crippen LogP contribution in [-0.2, 0) is 0 Å². The van der Waals surface area contributed by atoms with Crippen LogP contribution in [0.2, 0.25) is 0 Å². The predicted octanol–water partition coefficient (Wildman–Crippen LogP) is 0.434. The summed E-state index contributed by atoms with van der Waals surface area (Å²) < 4.78 is 0. The van der Waals surface area contributed by atoms with E-state index in [1.165, 1.54) is 17.7 Å². The van der Waals surface area contributed by atoms with Gasteiger partial charge in [-0.15, -0.1) is 0 Å². The largest absolute Gasteiger partial charge is 0.312 e. The van der Waals surface area contributed by atoms with Crippen LogP contribution in [-0.4, -0.2) is 19.3 Å². The zero-order valence-corrected chi connectivity index (χ0v) is 6.06. The first-order valence-electron chi connectivity index (χ1n) is 3.91. The van der Waals surface area contributed by atoms with Crippen molar-refractivity contribution in [2.24, 2.45) is 0 Å². The monoisotopic (exact) mass is 136 g/mol. The quantitative estimate of drug-likeness (QED) is 0.513. The Hall–Kier alpha value is -0.630. The number of rotatable bonds is 0. The van der Waals surface area contributed by atoms with E-state index in [2.05, 4.69) is 10.3 Å². The average Bonchev–Trinajstić information content (AvgIpc) is 2.05. The molecule has 0 atom stereocenters. The van der Waals surface area contributed by atoms with Gasteiger partial charge in [0.15, 0.2) is 0 Å². The van der Waals surface area contributed by atoms with E-state index in [1.807, 2.05) is 6.21 Å². The van der Waals surface area contributed by atoms with Crippen molar-refractivity contribution in [2.45, 2.75) is 19.3 Å². The number of hydrogen-bond donors (Lipinski definition) is 1. The van der Waals surface area contributed by atoms with Crippen molar-refractivity contribution in [1.29, 1.82) is 0 Å². The summed E-state index contributed by atoms with van der Waals surface area (Å²) in [7, 11) is 0. The van der Waals surface area contributed by atoms with E-state index in [-0.39, 0.29) is 0 Å². The highest BCUT2D eigenvalue weighted by Crippen LogP contribution is 2.16. The maximum absolute atomic E-state index is 4.37. The van der Waals surface area contributed by atoms with Gasteiger partial charge >= 0.3 is 0 Å². The molecular formula is C8H12N2+. The van der Waals surface area contributed by atoms with Crippen molar-refractivity contribution in [3.8, 4) is 0 Å². The molecule has 0 aromatic heterocycles. The summed E-state index contributed by atoms with van der Waals surface area (Å²) in [6.07, 6.45) is 5.54. The minimum absolute atomic E-state index is 1.08. The first-order valence-corrected chi connectivity index (χ1v) is 3.91. The summed E-state index contributed by atoms with van der Waals surface area (Å²) >= 11 is 0. The van der Waals surface area contributed by atoms with Crippen molar-refractivity contribution in [3.63, 3.8) is 0 Å². The van der Waals surface area contributed by atoms with Gasteiger partial charge in [0.05, 0.1) is 11.4 Å². The minimum atomic E-state index is 1.08. The van der Waals surface area contributed by atoms with E-state index in [0.717, 1.165) is 25.9 Å². The van der Waals surface area contributed by atoms with Gasteiger partial charge in [-0.1, -0.05) is 0 Å². The molecule has 0 spiro atoms. The van der Waals surface area contributed by atoms with Crippen LogP contribution in [0.15, 0.2) is 11.3 Å². The standard InChI is InChI=1S/C8H12N2/c1-2-7-6-9-5-3-8(7)10-4-1/h4,9H,1-3,5-6H2/q+1. The van der Waals surface area contributed by atoms with Gasteiger partial charge in [-0.2, -0.15) is 0 Å². The average molecular weight is 136 g/mol. The number of nitrogens with one attached hydrogen (secondary N) is 1. The smallest absolute Gasteiger partial charge is 0.255 e. The van der Waals surface area contributed by atoms with Crippen LogP contribution in [0.4, 0.5) is 0 Å². The van der Waals surface area contributed by atoms with Gasteiger partial charge in [0.1, 0.15) is 0 Å². The van der Waals surface area contributed by atoms with Gasteiger partial charge < -0.3 is 5.32 Å². The van der Waals surface area contributed by atoms with E-state index in [0.29, 0.717) is 0 Å². The van der Waals surface area contributed by atoms with E-state index < -0.39 is 0 Å². The molecule has 0 unspecified atom stereocenters. The van der Waals surface area contributed by atoms with Gasteiger partial charge in [0.2, 0.25) is 6.21 Å². The van der Waals surface area contributed by atoms with Gasteiger partial charge in [-0.25, -0.2) is 0 Å². The molecule has 2 rings (SSSR count). The molecule has 0 aromatic carbocycles. The predicted molar refractivity (Wildman–Crippen MR) is 41.9 cm³/mol. The van der Waals surface area contributed by atoms with Crippen molar-refractivity contribution in [2.75, 3.05) is 13.1 Å².